The van der Waals surface area contributed by atoms with E-state index in [4.69, 9.17) is 0 Å². The summed E-state index contributed by atoms with van der Waals surface area (Å²) in [7, 11) is -4.17. The average Bonchev–Trinajstić information content (AvgIpc) is 3.34. The number of carboxylic acids is 1. The summed E-state index contributed by atoms with van der Waals surface area (Å²) in [5.41, 5.74) is 1.85. The van der Waals surface area contributed by atoms with Gasteiger partial charge in [0.25, 0.3) is 11.8 Å². The Morgan fingerprint density at radius 3 is 2.16 bits per heavy atom. The van der Waals surface area contributed by atoms with Crippen LogP contribution >= 0.6 is 11.3 Å². The van der Waals surface area contributed by atoms with Crippen LogP contribution in [0.1, 0.15) is 36.0 Å². The van der Waals surface area contributed by atoms with E-state index in [1.165, 1.54) is 12.1 Å². The summed E-state index contributed by atoms with van der Waals surface area (Å²) >= 11 is 0.936. The van der Waals surface area contributed by atoms with Crippen molar-refractivity contribution < 1.29 is 27.9 Å². The molecule has 2 heterocycles. The Hall–Kier alpha value is -3.81. The number of aliphatic carboxylic acids is 1. The number of nitrogens with one attached hydrogen (secondary N) is 4. The Kier molecular flexibility index (Phi) is 9.55. The Bertz CT molecular complexity index is 1400. The molecule has 13 heteroatoms. The molecule has 2 aromatic heterocycles. The lowest BCUT2D eigenvalue weighted by molar-refractivity contribution is -0.138. The molecule has 5 N–H and O–H groups in total. The highest BCUT2D eigenvalue weighted by Gasteiger charge is 2.28. The van der Waals surface area contributed by atoms with Crippen LogP contribution in [-0.2, 0) is 14.8 Å². The first-order chi connectivity index (χ1) is 18.0. The highest BCUT2D eigenvalue weighted by atomic mass is 32.2. The summed E-state index contributed by atoms with van der Waals surface area (Å²) in [4.78, 5) is 41.3. The number of benzene rings is 1. The lowest BCUT2D eigenvalue weighted by atomic mass is 10.1. The zero-order valence-corrected chi connectivity index (χ0v) is 22.7. The molecule has 0 aliphatic heterocycles. The number of anilines is 1. The Morgan fingerprint density at radius 2 is 1.58 bits per heavy atom. The molecule has 11 nitrogen and oxygen atoms in total. The number of sulfonamides is 1. The van der Waals surface area contributed by atoms with Crippen LogP contribution in [0.2, 0.25) is 0 Å². The van der Waals surface area contributed by atoms with E-state index in [1.807, 2.05) is 13.0 Å². The van der Waals surface area contributed by atoms with E-state index in [-0.39, 0.29) is 15.7 Å². The molecule has 3 aromatic rings. The number of thiophene rings is 1. The van der Waals surface area contributed by atoms with Crippen LogP contribution in [0, 0.1) is 20.8 Å². The summed E-state index contributed by atoms with van der Waals surface area (Å²) in [5, 5.41) is 17.8. The van der Waals surface area contributed by atoms with Crippen molar-refractivity contribution in [2.24, 2.45) is 0 Å². The third-order valence-electron chi connectivity index (χ3n) is 5.37. The lowest BCUT2D eigenvalue weighted by Crippen LogP contribution is -2.48. The topological polar surface area (TPSA) is 167 Å². The van der Waals surface area contributed by atoms with E-state index in [2.05, 4.69) is 25.7 Å². The van der Waals surface area contributed by atoms with Crippen molar-refractivity contribution in [3.63, 3.8) is 0 Å². The van der Waals surface area contributed by atoms with Gasteiger partial charge in [-0.25, -0.2) is 13.4 Å². The van der Waals surface area contributed by atoms with Crippen molar-refractivity contribution in [3.05, 3.63) is 75.1 Å². The summed E-state index contributed by atoms with van der Waals surface area (Å²) in [6.07, 6.45) is 1.65. The first-order valence-corrected chi connectivity index (χ1v) is 13.9. The second-order valence-corrected chi connectivity index (χ2v) is 11.2. The number of pyridine rings is 1. The molecule has 0 radical (unpaired) electrons. The van der Waals surface area contributed by atoms with Crippen molar-refractivity contribution in [2.75, 3.05) is 25.0 Å². The largest absolute Gasteiger partial charge is 0.480 e. The quantitative estimate of drug-likeness (QED) is 0.210. The van der Waals surface area contributed by atoms with Crippen molar-refractivity contribution >= 4 is 45.0 Å². The molecule has 0 spiro atoms. The van der Waals surface area contributed by atoms with E-state index >= 15 is 0 Å². The summed E-state index contributed by atoms with van der Waals surface area (Å²) < 4.78 is 28.1. The molecule has 38 heavy (non-hydrogen) atoms. The Balaban J connectivity index is 1.55. The van der Waals surface area contributed by atoms with Crippen molar-refractivity contribution in [3.8, 4) is 0 Å². The molecular weight excluding hydrogens is 530 g/mol. The van der Waals surface area contributed by atoms with Crippen molar-refractivity contribution in [1.82, 2.24) is 20.3 Å². The predicted molar refractivity (Wildman–Crippen MR) is 144 cm³/mol. The van der Waals surface area contributed by atoms with Crippen molar-refractivity contribution in [1.29, 1.82) is 0 Å². The van der Waals surface area contributed by atoms with Gasteiger partial charge in [0.05, 0.1) is 14.6 Å². The van der Waals surface area contributed by atoms with Gasteiger partial charge in [-0.15, -0.1) is 11.3 Å². The zero-order chi connectivity index (χ0) is 27.9. The second kappa shape index (κ2) is 12.6. The molecule has 0 aliphatic rings. The molecule has 1 atom stereocenters. The number of hydrogen-bond acceptors (Lipinski definition) is 8. The van der Waals surface area contributed by atoms with Gasteiger partial charge in [-0.3, -0.25) is 14.4 Å². The summed E-state index contributed by atoms with van der Waals surface area (Å²) in [6.45, 7) is 5.39. The lowest BCUT2D eigenvalue weighted by Gasteiger charge is -2.18. The highest BCUT2D eigenvalue weighted by Crippen LogP contribution is 2.22. The standard InChI is InChI=1S/C25H29N5O6S2/c1-15-12-16(2)22(17(3)13-15)38(35,36)30-18(25(33)34)14-29-24(32)20-8-7-19(37-20)23(31)28-11-10-27-21-6-4-5-9-26-21/h4-9,12-13,18,30H,10-11,14H2,1-3H3,(H,26,27)(H,28,31)(H,29,32)(H,33,34). The maximum absolute atomic E-state index is 12.9. The van der Waals surface area contributed by atoms with Gasteiger partial charge in [0, 0.05) is 25.8 Å². The van der Waals surface area contributed by atoms with Crippen LogP contribution in [0.5, 0.6) is 0 Å². The number of carbonyl (C=O) groups is 3. The van der Waals surface area contributed by atoms with Crippen LogP contribution in [0.15, 0.2) is 53.6 Å². The van der Waals surface area contributed by atoms with Crippen LogP contribution < -0.4 is 20.7 Å². The maximum Gasteiger partial charge on any atom is 0.323 e. The molecule has 2 amide bonds. The average molecular weight is 560 g/mol. The van der Waals surface area contributed by atoms with E-state index < -0.39 is 34.5 Å². The molecule has 202 valence electrons. The number of aromatic nitrogens is 1. The minimum absolute atomic E-state index is 0.00446. The van der Waals surface area contributed by atoms with Gasteiger partial charge in [-0.1, -0.05) is 23.8 Å². The third-order valence-corrected chi connectivity index (χ3v) is 8.23. The molecular formula is C25H29N5O6S2. The predicted octanol–water partition coefficient (Wildman–Crippen LogP) is 2.07. The molecule has 0 fully saturated rings. The monoisotopic (exact) mass is 559 g/mol. The van der Waals surface area contributed by atoms with Crippen LogP contribution in [0.25, 0.3) is 0 Å². The zero-order valence-electron chi connectivity index (χ0n) is 21.1. The van der Waals surface area contributed by atoms with Crippen molar-refractivity contribution in [2.45, 2.75) is 31.7 Å². The third kappa shape index (κ3) is 7.60. The fraction of sp³-hybridized carbons (Fsp3) is 0.280. The van der Waals surface area contributed by atoms with E-state index in [1.54, 1.807) is 44.3 Å². The van der Waals surface area contributed by atoms with Gasteiger partial charge in [-0.2, -0.15) is 4.72 Å². The number of nitrogens with zero attached hydrogens (tertiary/aromatic N) is 1. The fourth-order valence-electron chi connectivity index (χ4n) is 3.80. The Labute approximate surface area is 224 Å². The molecule has 0 saturated heterocycles. The summed E-state index contributed by atoms with van der Waals surface area (Å²) in [5.74, 6) is -1.75. The normalized spacial score (nSPS) is 12.0. The van der Waals surface area contributed by atoms with Gasteiger partial charge in [0.1, 0.15) is 11.9 Å². The molecule has 0 bridgehead atoms. The molecule has 0 aliphatic carbocycles. The van der Waals surface area contributed by atoms with Gasteiger partial charge >= 0.3 is 5.97 Å². The van der Waals surface area contributed by atoms with Crippen LogP contribution in [-0.4, -0.2) is 62.0 Å². The minimum Gasteiger partial charge on any atom is -0.480 e. The van der Waals surface area contributed by atoms with E-state index in [9.17, 15) is 27.9 Å². The number of hydrogen-bond donors (Lipinski definition) is 5. The molecule has 0 saturated carbocycles. The molecule has 3 rings (SSSR count). The maximum atomic E-state index is 12.9. The first kappa shape index (κ1) is 28.8. The van der Waals surface area contributed by atoms with Gasteiger partial charge in [-0.05, 0) is 56.2 Å². The van der Waals surface area contributed by atoms with Gasteiger partial charge in [0.2, 0.25) is 10.0 Å². The molecule has 1 aromatic carbocycles. The Morgan fingerprint density at radius 1 is 0.947 bits per heavy atom. The first-order valence-electron chi connectivity index (χ1n) is 11.6. The molecule has 1 unspecified atom stereocenters. The number of amides is 2. The van der Waals surface area contributed by atoms with Gasteiger partial charge < -0.3 is 21.1 Å². The fourth-order valence-corrected chi connectivity index (χ4v) is 6.28. The SMILES string of the molecule is Cc1cc(C)c(S(=O)(=O)NC(CNC(=O)c2ccc(C(=O)NCCNc3ccccn3)s2)C(=O)O)c(C)c1. The highest BCUT2D eigenvalue weighted by molar-refractivity contribution is 7.89. The number of aryl methyl sites for hydroxylation is 3. The van der Waals surface area contributed by atoms with E-state index in [0.717, 1.165) is 16.9 Å². The van der Waals surface area contributed by atoms with Crippen LogP contribution in [0.4, 0.5) is 5.82 Å². The summed E-state index contributed by atoms with van der Waals surface area (Å²) in [6, 6.07) is 10.2. The smallest absolute Gasteiger partial charge is 0.323 e. The second-order valence-electron chi connectivity index (χ2n) is 8.51. The number of rotatable bonds is 12. The number of carbonyl (C=O) groups excluding carboxylic acids is 2. The van der Waals surface area contributed by atoms with Crippen LogP contribution in [0.3, 0.4) is 0 Å². The van der Waals surface area contributed by atoms with E-state index in [0.29, 0.717) is 34.9 Å². The number of carboxylic acid groups (broad SMARTS) is 1. The van der Waals surface area contributed by atoms with Gasteiger partial charge in [0.15, 0.2) is 0 Å². The minimum atomic E-state index is -4.17.